The van der Waals surface area contributed by atoms with Gasteiger partial charge in [-0.25, -0.2) is 9.07 Å². The van der Waals surface area contributed by atoms with Gasteiger partial charge in [0.05, 0.1) is 11.5 Å². The standard InChI is InChI=1S/C11H13FN6O2S/c1-13-4-5-17-11(14-15-16-17)21-7-8-6-9(12)2-3-10(8)18(19)20/h2-3,6,13H,4-5,7H2,1H3. The molecule has 0 aliphatic carbocycles. The molecule has 0 spiro atoms. The zero-order valence-electron chi connectivity index (χ0n) is 11.2. The number of rotatable bonds is 7. The number of hydrogen-bond donors (Lipinski definition) is 1. The van der Waals surface area contributed by atoms with Gasteiger partial charge in [-0.1, -0.05) is 11.8 Å². The summed E-state index contributed by atoms with van der Waals surface area (Å²) in [6.45, 7) is 1.27. The maximum absolute atomic E-state index is 13.2. The molecule has 0 aliphatic heterocycles. The number of hydrogen-bond acceptors (Lipinski definition) is 7. The van der Waals surface area contributed by atoms with Gasteiger partial charge in [-0.15, -0.1) is 5.10 Å². The number of nitro benzene ring substituents is 1. The summed E-state index contributed by atoms with van der Waals surface area (Å²) in [6.07, 6.45) is 0. The summed E-state index contributed by atoms with van der Waals surface area (Å²) < 4.78 is 14.8. The summed E-state index contributed by atoms with van der Waals surface area (Å²) >= 11 is 1.23. The second kappa shape index (κ2) is 7.09. The number of nitro groups is 1. The van der Waals surface area contributed by atoms with E-state index in [9.17, 15) is 14.5 Å². The summed E-state index contributed by atoms with van der Waals surface area (Å²) in [5.41, 5.74) is 0.186. The first-order valence-corrected chi connectivity index (χ1v) is 7.06. The van der Waals surface area contributed by atoms with Crippen LogP contribution in [0.1, 0.15) is 5.56 Å². The zero-order chi connectivity index (χ0) is 15.2. The highest BCUT2D eigenvalue weighted by Crippen LogP contribution is 2.27. The summed E-state index contributed by atoms with van der Waals surface area (Å²) in [6, 6.07) is 3.39. The fraction of sp³-hybridized carbons (Fsp3) is 0.364. The first kappa shape index (κ1) is 15.3. The number of thioether (sulfide) groups is 1. The van der Waals surface area contributed by atoms with E-state index in [1.807, 2.05) is 7.05 Å². The minimum Gasteiger partial charge on any atom is -0.318 e. The van der Waals surface area contributed by atoms with Crippen LogP contribution in [0.15, 0.2) is 23.4 Å². The van der Waals surface area contributed by atoms with E-state index in [1.54, 1.807) is 4.68 Å². The second-order valence-corrected chi connectivity index (χ2v) is 5.05. The Hall–Kier alpha value is -2.07. The second-order valence-electron chi connectivity index (χ2n) is 4.11. The van der Waals surface area contributed by atoms with Gasteiger partial charge in [0.2, 0.25) is 5.16 Å². The molecule has 0 atom stereocenters. The third-order valence-corrected chi connectivity index (χ3v) is 3.67. The number of aromatic nitrogens is 4. The van der Waals surface area contributed by atoms with Crippen LogP contribution in [-0.4, -0.2) is 38.7 Å². The number of halogens is 1. The summed E-state index contributed by atoms with van der Waals surface area (Å²) in [5, 5.41) is 25.7. The molecule has 1 aromatic heterocycles. The van der Waals surface area contributed by atoms with Gasteiger partial charge in [0.1, 0.15) is 5.82 Å². The van der Waals surface area contributed by atoms with Gasteiger partial charge in [0, 0.05) is 23.9 Å². The SMILES string of the molecule is CNCCn1nnnc1SCc1cc(F)ccc1[N+](=O)[O-]. The van der Waals surface area contributed by atoms with Crippen molar-refractivity contribution in [2.24, 2.45) is 0 Å². The molecular formula is C11H13FN6O2S. The van der Waals surface area contributed by atoms with Crippen LogP contribution in [0.3, 0.4) is 0 Å². The molecule has 2 aromatic rings. The zero-order valence-corrected chi connectivity index (χ0v) is 12.0. The Labute approximate surface area is 123 Å². The third kappa shape index (κ3) is 3.95. The Morgan fingerprint density at radius 2 is 2.33 bits per heavy atom. The van der Waals surface area contributed by atoms with Crippen molar-refractivity contribution >= 4 is 17.4 Å². The monoisotopic (exact) mass is 312 g/mol. The normalized spacial score (nSPS) is 10.8. The summed E-state index contributed by atoms with van der Waals surface area (Å²) in [5.74, 6) is -0.292. The molecule has 0 fully saturated rings. The molecule has 0 unspecified atom stereocenters. The van der Waals surface area contributed by atoms with Gasteiger partial charge in [0.15, 0.2) is 0 Å². The van der Waals surface area contributed by atoms with E-state index >= 15 is 0 Å². The van der Waals surface area contributed by atoms with E-state index in [0.29, 0.717) is 23.8 Å². The van der Waals surface area contributed by atoms with Gasteiger partial charge >= 0.3 is 0 Å². The highest BCUT2D eigenvalue weighted by atomic mass is 32.2. The fourth-order valence-electron chi connectivity index (χ4n) is 1.65. The number of benzene rings is 1. The van der Waals surface area contributed by atoms with Gasteiger partial charge in [-0.3, -0.25) is 10.1 Å². The van der Waals surface area contributed by atoms with Crippen LogP contribution in [0.5, 0.6) is 0 Å². The van der Waals surface area contributed by atoms with Gasteiger partial charge in [0.25, 0.3) is 5.69 Å². The fourth-order valence-corrected chi connectivity index (χ4v) is 2.53. The number of tetrazole rings is 1. The maximum atomic E-state index is 13.2. The number of nitrogens with one attached hydrogen (secondary N) is 1. The molecule has 0 saturated carbocycles. The van der Waals surface area contributed by atoms with E-state index in [0.717, 1.165) is 18.2 Å². The van der Waals surface area contributed by atoms with E-state index in [2.05, 4.69) is 20.8 Å². The van der Waals surface area contributed by atoms with E-state index in [-0.39, 0.29) is 11.4 Å². The molecule has 112 valence electrons. The smallest absolute Gasteiger partial charge is 0.273 e. The van der Waals surface area contributed by atoms with E-state index in [1.165, 1.54) is 11.8 Å². The van der Waals surface area contributed by atoms with E-state index in [4.69, 9.17) is 0 Å². The minimum atomic E-state index is -0.528. The number of nitrogens with zero attached hydrogens (tertiary/aromatic N) is 5. The molecule has 10 heteroatoms. The van der Waals surface area contributed by atoms with Gasteiger partial charge < -0.3 is 5.32 Å². The largest absolute Gasteiger partial charge is 0.318 e. The molecular weight excluding hydrogens is 299 g/mol. The average Bonchev–Trinajstić information content (AvgIpc) is 2.90. The molecule has 8 nitrogen and oxygen atoms in total. The van der Waals surface area contributed by atoms with Crippen LogP contribution >= 0.6 is 11.8 Å². The van der Waals surface area contributed by atoms with Crippen LogP contribution in [0.25, 0.3) is 0 Å². The van der Waals surface area contributed by atoms with Crippen LogP contribution < -0.4 is 5.32 Å². The first-order chi connectivity index (χ1) is 10.1. The van der Waals surface area contributed by atoms with Crippen molar-refractivity contribution in [3.63, 3.8) is 0 Å². The van der Waals surface area contributed by atoms with Gasteiger partial charge in [-0.05, 0) is 29.6 Å². The first-order valence-electron chi connectivity index (χ1n) is 6.08. The lowest BCUT2D eigenvalue weighted by molar-refractivity contribution is -0.385. The Morgan fingerprint density at radius 1 is 1.52 bits per heavy atom. The molecule has 0 amide bonds. The molecule has 1 heterocycles. The molecule has 21 heavy (non-hydrogen) atoms. The molecule has 0 aliphatic rings. The van der Waals surface area contributed by atoms with Crippen molar-refractivity contribution < 1.29 is 9.31 Å². The van der Waals surface area contributed by atoms with E-state index < -0.39 is 10.7 Å². The lowest BCUT2D eigenvalue weighted by atomic mass is 10.2. The van der Waals surface area contributed by atoms with Crippen molar-refractivity contribution in [2.75, 3.05) is 13.6 Å². The van der Waals surface area contributed by atoms with Crippen molar-refractivity contribution in [1.29, 1.82) is 0 Å². The van der Waals surface area contributed by atoms with Gasteiger partial charge in [-0.2, -0.15) is 0 Å². The average molecular weight is 312 g/mol. The predicted molar refractivity (Wildman–Crippen MR) is 74.4 cm³/mol. The molecule has 0 radical (unpaired) electrons. The lowest BCUT2D eigenvalue weighted by Gasteiger charge is -2.04. The molecule has 0 bridgehead atoms. The quantitative estimate of drug-likeness (QED) is 0.466. The Kier molecular flexibility index (Phi) is 5.17. The predicted octanol–water partition coefficient (Wildman–Crippen LogP) is 1.23. The number of likely N-dealkylation sites (N-methyl/N-ethyl adjacent to an activating group) is 1. The van der Waals surface area contributed by atoms with Crippen molar-refractivity contribution in [1.82, 2.24) is 25.5 Å². The van der Waals surface area contributed by atoms with Crippen LogP contribution in [-0.2, 0) is 12.3 Å². The topological polar surface area (TPSA) is 98.8 Å². The summed E-state index contributed by atoms with van der Waals surface area (Å²) in [7, 11) is 1.81. The Morgan fingerprint density at radius 3 is 3.05 bits per heavy atom. The highest BCUT2D eigenvalue weighted by molar-refractivity contribution is 7.98. The minimum absolute atomic E-state index is 0.113. The lowest BCUT2D eigenvalue weighted by Crippen LogP contribution is -2.16. The van der Waals surface area contributed by atoms with Crippen molar-refractivity contribution in [2.45, 2.75) is 17.5 Å². The Balaban J connectivity index is 2.11. The third-order valence-electron chi connectivity index (χ3n) is 2.67. The van der Waals surface area contributed by atoms with Crippen LogP contribution in [0.2, 0.25) is 0 Å². The molecule has 1 aromatic carbocycles. The maximum Gasteiger partial charge on any atom is 0.273 e. The van der Waals surface area contributed by atoms with Crippen molar-refractivity contribution in [3.8, 4) is 0 Å². The van der Waals surface area contributed by atoms with Crippen LogP contribution in [0.4, 0.5) is 10.1 Å². The Bertz CT molecular complexity index is 635. The van der Waals surface area contributed by atoms with Crippen LogP contribution in [0, 0.1) is 15.9 Å². The molecule has 2 rings (SSSR count). The highest BCUT2D eigenvalue weighted by Gasteiger charge is 2.16. The van der Waals surface area contributed by atoms with Crippen molar-refractivity contribution in [3.05, 3.63) is 39.7 Å². The molecule has 0 saturated heterocycles. The summed E-state index contributed by atoms with van der Waals surface area (Å²) in [4.78, 5) is 10.4. The molecule has 1 N–H and O–H groups in total.